The summed E-state index contributed by atoms with van der Waals surface area (Å²) in [7, 11) is 1.63. The van der Waals surface area contributed by atoms with Crippen LogP contribution >= 0.6 is 0 Å². The Balaban J connectivity index is 1.74. The molecule has 1 saturated carbocycles. The molecule has 1 aliphatic heterocycles. The molecule has 18 heavy (non-hydrogen) atoms. The summed E-state index contributed by atoms with van der Waals surface area (Å²) in [5.41, 5.74) is 6.05. The summed E-state index contributed by atoms with van der Waals surface area (Å²) in [6.45, 7) is 2.09. The van der Waals surface area contributed by atoms with Crippen LogP contribution in [0.2, 0.25) is 0 Å². The fourth-order valence-corrected chi connectivity index (χ4v) is 3.23. The molecule has 0 amide bonds. The molecule has 0 spiro atoms. The average molecular weight is 248 g/mol. The summed E-state index contributed by atoms with van der Waals surface area (Å²) in [5.74, 6) is 2.90. The molecule has 0 bridgehead atoms. The van der Waals surface area contributed by atoms with Crippen molar-refractivity contribution < 1.29 is 4.74 Å². The minimum absolute atomic E-state index is 0.387. The smallest absolute Gasteiger partial charge is 0.228 e. The first-order valence-electron chi connectivity index (χ1n) is 6.64. The van der Waals surface area contributed by atoms with Crippen LogP contribution in [0.5, 0.6) is 5.88 Å². The zero-order valence-corrected chi connectivity index (χ0v) is 10.7. The number of anilines is 1. The first-order valence-corrected chi connectivity index (χ1v) is 6.64. The molecule has 2 heterocycles. The predicted molar refractivity (Wildman–Crippen MR) is 69.6 cm³/mol. The van der Waals surface area contributed by atoms with Crippen LogP contribution in [0, 0.1) is 11.8 Å². The number of rotatable bonds is 2. The Labute approximate surface area is 107 Å². The van der Waals surface area contributed by atoms with Crippen molar-refractivity contribution >= 4 is 5.95 Å². The Kier molecular flexibility index (Phi) is 3.07. The van der Waals surface area contributed by atoms with Gasteiger partial charge in [0.1, 0.15) is 0 Å². The molecule has 3 atom stereocenters. The van der Waals surface area contributed by atoms with Crippen LogP contribution in [-0.2, 0) is 0 Å². The summed E-state index contributed by atoms with van der Waals surface area (Å²) in [5, 5.41) is 0. The zero-order valence-electron chi connectivity index (χ0n) is 10.7. The first kappa shape index (κ1) is 11.7. The van der Waals surface area contributed by atoms with Gasteiger partial charge in [0.25, 0.3) is 0 Å². The summed E-state index contributed by atoms with van der Waals surface area (Å²) in [4.78, 5) is 11.0. The van der Waals surface area contributed by atoms with E-state index in [0.29, 0.717) is 17.8 Å². The lowest BCUT2D eigenvalue weighted by Gasteiger charge is -2.27. The van der Waals surface area contributed by atoms with E-state index < -0.39 is 0 Å². The van der Waals surface area contributed by atoms with Crippen LogP contribution in [0.15, 0.2) is 12.3 Å². The van der Waals surface area contributed by atoms with Crippen molar-refractivity contribution in [1.82, 2.24) is 9.97 Å². The van der Waals surface area contributed by atoms with Gasteiger partial charge >= 0.3 is 0 Å². The largest absolute Gasteiger partial charge is 0.481 e. The highest BCUT2D eigenvalue weighted by Gasteiger charge is 2.37. The minimum Gasteiger partial charge on any atom is -0.481 e. The Morgan fingerprint density at radius 3 is 3.00 bits per heavy atom. The van der Waals surface area contributed by atoms with Gasteiger partial charge in [0, 0.05) is 31.4 Å². The number of methoxy groups -OCH3 is 1. The van der Waals surface area contributed by atoms with Crippen molar-refractivity contribution in [2.75, 3.05) is 25.1 Å². The average Bonchev–Trinajstić information content (AvgIpc) is 2.81. The van der Waals surface area contributed by atoms with Gasteiger partial charge < -0.3 is 15.4 Å². The molecular weight excluding hydrogens is 228 g/mol. The third-order valence-electron chi connectivity index (χ3n) is 4.20. The molecule has 98 valence electrons. The van der Waals surface area contributed by atoms with Crippen molar-refractivity contribution in [3.8, 4) is 5.88 Å². The Hall–Kier alpha value is -1.36. The van der Waals surface area contributed by atoms with Gasteiger partial charge in [-0.15, -0.1) is 0 Å². The standard InChI is InChI=1S/C13H20N4O/c1-18-12-4-5-15-13(16-12)17-7-9-2-3-11(14)6-10(9)8-17/h4-5,9-11H,2-3,6-8,14H2,1H3/t9-,10+,11?/m1/s1. The second kappa shape index (κ2) is 4.72. The fourth-order valence-electron chi connectivity index (χ4n) is 3.23. The Morgan fingerprint density at radius 2 is 2.17 bits per heavy atom. The maximum absolute atomic E-state index is 6.05. The normalized spacial score (nSPS) is 31.2. The Bertz CT molecular complexity index is 425. The highest BCUT2D eigenvalue weighted by atomic mass is 16.5. The first-order chi connectivity index (χ1) is 8.76. The van der Waals surface area contributed by atoms with E-state index in [1.165, 1.54) is 6.42 Å². The molecule has 1 aromatic rings. The van der Waals surface area contributed by atoms with E-state index >= 15 is 0 Å². The fraction of sp³-hybridized carbons (Fsp3) is 0.692. The molecule has 2 aliphatic rings. The van der Waals surface area contributed by atoms with Gasteiger partial charge in [-0.1, -0.05) is 0 Å². The summed E-state index contributed by atoms with van der Waals surface area (Å²) < 4.78 is 5.15. The lowest BCUT2D eigenvalue weighted by Crippen LogP contribution is -2.32. The van der Waals surface area contributed by atoms with Crippen molar-refractivity contribution in [3.63, 3.8) is 0 Å². The number of hydrogen-bond acceptors (Lipinski definition) is 5. The van der Waals surface area contributed by atoms with Gasteiger partial charge in [-0.2, -0.15) is 4.98 Å². The van der Waals surface area contributed by atoms with Gasteiger partial charge in [0.2, 0.25) is 11.8 Å². The molecule has 1 aliphatic carbocycles. The number of ether oxygens (including phenoxy) is 1. The topological polar surface area (TPSA) is 64.3 Å². The van der Waals surface area contributed by atoms with Crippen LogP contribution in [0.3, 0.4) is 0 Å². The van der Waals surface area contributed by atoms with E-state index in [2.05, 4.69) is 14.9 Å². The second-order valence-corrected chi connectivity index (χ2v) is 5.40. The quantitative estimate of drug-likeness (QED) is 0.847. The third kappa shape index (κ3) is 2.14. The SMILES string of the molecule is COc1ccnc(N2C[C@H]3CCC(N)C[C@H]3C2)n1. The van der Waals surface area contributed by atoms with E-state index in [9.17, 15) is 0 Å². The number of nitrogens with zero attached hydrogens (tertiary/aromatic N) is 3. The molecule has 3 rings (SSSR count). The van der Waals surface area contributed by atoms with E-state index in [1.807, 2.05) is 0 Å². The Morgan fingerprint density at radius 1 is 1.33 bits per heavy atom. The minimum atomic E-state index is 0.387. The molecule has 2 fully saturated rings. The van der Waals surface area contributed by atoms with Crippen LogP contribution in [-0.4, -0.2) is 36.2 Å². The number of aromatic nitrogens is 2. The van der Waals surface area contributed by atoms with Gasteiger partial charge in [0.05, 0.1) is 7.11 Å². The summed E-state index contributed by atoms with van der Waals surface area (Å²) in [6.07, 6.45) is 5.31. The molecule has 1 saturated heterocycles. The molecule has 0 radical (unpaired) electrons. The third-order valence-corrected chi connectivity index (χ3v) is 4.20. The number of fused-ring (bicyclic) bond motifs is 1. The maximum atomic E-state index is 6.05. The van der Waals surface area contributed by atoms with Crippen LogP contribution < -0.4 is 15.4 Å². The molecule has 5 heteroatoms. The van der Waals surface area contributed by atoms with E-state index in [4.69, 9.17) is 10.5 Å². The molecule has 1 unspecified atom stereocenters. The van der Waals surface area contributed by atoms with Gasteiger partial charge in [-0.05, 0) is 31.1 Å². The molecule has 2 N–H and O–H groups in total. The van der Waals surface area contributed by atoms with Crippen LogP contribution in [0.4, 0.5) is 5.95 Å². The zero-order chi connectivity index (χ0) is 12.5. The molecule has 1 aromatic heterocycles. The van der Waals surface area contributed by atoms with Gasteiger partial charge in [-0.25, -0.2) is 4.98 Å². The lowest BCUT2D eigenvalue weighted by atomic mass is 9.79. The van der Waals surface area contributed by atoms with Crippen molar-refractivity contribution in [1.29, 1.82) is 0 Å². The van der Waals surface area contributed by atoms with E-state index in [-0.39, 0.29) is 0 Å². The number of nitrogens with two attached hydrogens (primary N) is 1. The second-order valence-electron chi connectivity index (χ2n) is 5.40. The monoisotopic (exact) mass is 248 g/mol. The molecule has 0 aromatic carbocycles. The summed E-state index contributed by atoms with van der Waals surface area (Å²) in [6, 6.07) is 2.17. The van der Waals surface area contributed by atoms with Gasteiger partial charge in [-0.3, -0.25) is 0 Å². The van der Waals surface area contributed by atoms with E-state index in [1.54, 1.807) is 19.4 Å². The van der Waals surface area contributed by atoms with Crippen molar-refractivity contribution in [3.05, 3.63) is 12.3 Å². The lowest BCUT2D eigenvalue weighted by molar-refractivity contribution is 0.271. The number of hydrogen-bond donors (Lipinski definition) is 1. The van der Waals surface area contributed by atoms with Crippen LogP contribution in [0.25, 0.3) is 0 Å². The highest BCUT2D eigenvalue weighted by molar-refractivity contribution is 5.34. The molecular formula is C13H20N4O. The van der Waals surface area contributed by atoms with Crippen molar-refractivity contribution in [2.45, 2.75) is 25.3 Å². The maximum Gasteiger partial charge on any atom is 0.228 e. The van der Waals surface area contributed by atoms with Crippen LogP contribution in [0.1, 0.15) is 19.3 Å². The summed E-state index contributed by atoms with van der Waals surface area (Å²) >= 11 is 0. The van der Waals surface area contributed by atoms with Crippen molar-refractivity contribution in [2.24, 2.45) is 17.6 Å². The highest BCUT2D eigenvalue weighted by Crippen LogP contribution is 2.36. The van der Waals surface area contributed by atoms with E-state index in [0.717, 1.165) is 37.8 Å². The predicted octanol–water partition coefficient (Wildman–Crippen LogP) is 1.05. The van der Waals surface area contributed by atoms with Gasteiger partial charge in [0.15, 0.2) is 0 Å². The molecule has 5 nitrogen and oxygen atoms in total.